The Labute approximate surface area is 135 Å². The van der Waals surface area contributed by atoms with Gasteiger partial charge in [0.1, 0.15) is 17.5 Å². The summed E-state index contributed by atoms with van der Waals surface area (Å²) in [6.07, 6.45) is 1.56. The largest absolute Gasteiger partial charge is 0.465 e. The molecular formula is C15H14F2N4O3. The highest BCUT2D eigenvalue weighted by Gasteiger charge is 2.19. The lowest BCUT2D eigenvalue weighted by Crippen LogP contribution is -2.41. The number of carbonyl (C=O) groups excluding carboxylic acids is 1. The van der Waals surface area contributed by atoms with E-state index in [1.807, 2.05) is 5.32 Å². The van der Waals surface area contributed by atoms with Crippen LogP contribution in [0.2, 0.25) is 0 Å². The van der Waals surface area contributed by atoms with Crippen LogP contribution in [0.3, 0.4) is 0 Å². The third-order valence-electron chi connectivity index (χ3n) is 2.98. The predicted molar refractivity (Wildman–Crippen MR) is 83.1 cm³/mol. The van der Waals surface area contributed by atoms with Gasteiger partial charge in [-0.3, -0.25) is 9.78 Å². The average Bonchev–Trinajstić information content (AvgIpc) is 2.50. The molecule has 0 bridgehead atoms. The van der Waals surface area contributed by atoms with Crippen molar-refractivity contribution in [2.45, 2.75) is 13.0 Å². The van der Waals surface area contributed by atoms with Gasteiger partial charge in [0.15, 0.2) is 5.82 Å². The summed E-state index contributed by atoms with van der Waals surface area (Å²) in [7, 11) is 0. The Bertz CT molecular complexity index is 756. The molecule has 24 heavy (non-hydrogen) atoms. The molecule has 0 fully saturated rings. The maximum absolute atomic E-state index is 14.1. The number of pyridine rings is 1. The summed E-state index contributed by atoms with van der Waals surface area (Å²) in [4.78, 5) is 26.4. The fourth-order valence-corrected chi connectivity index (χ4v) is 1.87. The predicted octanol–water partition coefficient (Wildman–Crippen LogP) is 2.70. The van der Waals surface area contributed by atoms with Gasteiger partial charge in [-0.25, -0.2) is 13.6 Å². The van der Waals surface area contributed by atoms with Gasteiger partial charge in [-0.15, -0.1) is 0 Å². The zero-order valence-electron chi connectivity index (χ0n) is 12.5. The standard InChI is InChI=1S/C15H14F2N4O3/c1-8(19-15(23)24)14(22)21-13-11(17)5-9(16)6-12(13)20-10-3-2-4-18-7-10/h2-8,19-20H,1H3,(H,21,22)(H,23,24). The molecule has 0 saturated heterocycles. The van der Waals surface area contributed by atoms with Crippen LogP contribution >= 0.6 is 0 Å². The van der Waals surface area contributed by atoms with E-state index in [4.69, 9.17) is 5.11 Å². The van der Waals surface area contributed by atoms with E-state index in [1.54, 1.807) is 12.1 Å². The topological polar surface area (TPSA) is 103 Å². The highest BCUT2D eigenvalue weighted by molar-refractivity contribution is 5.99. The Morgan fingerprint density at radius 1 is 1.29 bits per heavy atom. The number of hydrogen-bond donors (Lipinski definition) is 4. The van der Waals surface area contributed by atoms with Gasteiger partial charge in [0.05, 0.1) is 17.6 Å². The van der Waals surface area contributed by atoms with Crippen LogP contribution in [-0.4, -0.2) is 28.1 Å². The first-order valence-electron chi connectivity index (χ1n) is 6.83. The average molecular weight is 336 g/mol. The van der Waals surface area contributed by atoms with Crippen LogP contribution in [-0.2, 0) is 4.79 Å². The Kier molecular flexibility index (Phi) is 5.25. The lowest BCUT2D eigenvalue weighted by molar-refractivity contribution is -0.117. The van der Waals surface area contributed by atoms with E-state index in [9.17, 15) is 18.4 Å². The minimum Gasteiger partial charge on any atom is -0.465 e. The number of nitrogens with zero attached hydrogens (tertiary/aromatic N) is 1. The summed E-state index contributed by atoms with van der Waals surface area (Å²) < 4.78 is 27.5. The van der Waals surface area contributed by atoms with E-state index in [1.165, 1.54) is 19.3 Å². The van der Waals surface area contributed by atoms with Crippen molar-refractivity contribution < 1.29 is 23.5 Å². The minimum atomic E-state index is -1.40. The van der Waals surface area contributed by atoms with Gasteiger partial charge in [-0.05, 0) is 25.1 Å². The molecule has 0 aliphatic carbocycles. The van der Waals surface area contributed by atoms with Gasteiger partial charge in [-0.2, -0.15) is 0 Å². The van der Waals surface area contributed by atoms with Crippen LogP contribution in [0.15, 0.2) is 36.7 Å². The number of rotatable bonds is 5. The fourth-order valence-electron chi connectivity index (χ4n) is 1.87. The number of amides is 2. The first kappa shape index (κ1) is 17.1. The summed E-state index contributed by atoms with van der Waals surface area (Å²) >= 11 is 0. The normalized spacial score (nSPS) is 11.5. The molecule has 2 aromatic rings. The third-order valence-corrected chi connectivity index (χ3v) is 2.98. The second-order valence-electron chi connectivity index (χ2n) is 4.84. The van der Waals surface area contributed by atoms with Gasteiger partial charge in [-0.1, -0.05) is 0 Å². The third kappa shape index (κ3) is 4.38. The van der Waals surface area contributed by atoms with Gasteiger partial charge < -0.3 is 21.1 Å². The Hall–Kier alpha value is -3.23. The minimum absolute atomic E-state index is 0.0311. The van der Waals surface area contributed by atoms with Crippen molar-refractivity contribution in [1.29, 1.82) is 0 Å². The molecule has 0 radical (unpaired) electrons. The van der Waals surface area contributed by atoms with Crippen LogP contribution in [0.5, 0.6) is 0 Å². The van der Waals surface area contributed by atoms with Crippen LogP contribution in [0.4, 0.5) is 30.6 Å². The summed E-state index contributed by atoms with van der Waals surface area (Å²) in [6, 6.07) is 3.73. The highest BCUT2D eigenvalue weighted by atomic mass is 19.1. The molecule has 1 atom stereocenters. The zero-order valence-corrected chi connectivity index (χ0v) is 12.5. The number of anilines is 3. The molecule has 7 nitrogen and oxygen atoms in total. The molecule has 2 rings (SSSR count). The van der Waals surface area contributed by atoms with Crippen molar-refractivity contribution in [1.82, 2.24) is 10.3 Å². The number of halogens is 2. The molecular weight excluding hydrogens is 322 g/mol. The quantitative estimate of drug-likeness (QED) is 0.672. The molecule has 1 heterocycles. The van der Waals surface area contributed by atoms with Crippen LogP contribution in [0.25, 0.3) is 0 Å². The van der Waals surface area contributed by atoms with Gasteiger partial charge in [0, 0.05) is 12.3 Å². The van der Waals surface area contributed by atoms with E-state index in [0.29, 0.717) is 11.8 Å². The highest BCUT2D eigenvalue weighted by Crippen LogP contribution is 2.29. The van der Waals surface area contributed by atoms with Crippen molar-refractivity contribution >= 4 is 29.1 Å². The Balaban J connectivity index is 2.28. The van der Waals surface area contributed by atoms with Gasteiger partial charge in [0.25, 0.3) is 0 Å². The van der Waals surface area contributed by atoms with Crippen molar-refractivity contribution in [2.24, 2.45) is 0 Å². The number of aromatic nitrogens is 1. The van der Waals surface area contributed by atoms with E-state index >= 15 is 0 Å². The molecule has 4 N–H and O–H groups in total. The molecule has 126 valence electrons. The SMILES string of the molecule is CC(NC(=O)O)C(=O)Nc1c(F)cc(F)cc1Nc1cccnc1. The Morgan fingerprint density at radius 3 is 2.67 bits per heavy atom. The molecule has 1 aromatic carbocycles. The van der Waals surface area contributed by atoms with Crippen molar-refractivity contribution in [3.05, 3.63) is 48.3 Å². The fraction of sp³-hybridized carbons (Fsp3) is 0.133. The molecule has 0 aliphatic rings. The Morgan fingerprint density at radius 2 is 2.04 bits per heavy atom. The lowest BCUT2D eigenvalue weighted by atomic mass is 10.2. The zero-order chi connectivity index (χ0) is 17.7. The van der Waals surface area contributed by atoms with Crippen LogP contribution < -0.4 is 16.0 Å². The van der Waals surface area contributed by atoms with Crippen molar-refractivity contribution in [3.8, 4) is 0 Å². The number of carboxylic acid groups (broad SMARTS) is 1. The summed E-state index contributed by atoms with van der Waals surface area (Å²) in [5, 5.41) is 15.5. The first-order chi connectivity index (χ1) is 11.4. The molecule has 0 saturated carbocycles. The number of carbonyl (C=O) groups is 2. The summed E-state index contributed by atoms with van der Waals surface area (Å²) in [5.41, 5.74) is 0.121. The molecule has 9 heteroatoms. The van der Waals surface area contributed by atoms with Gasteiger partial charge in [0.2, 0.25) is 5.91 Å². The van der Waals surface area contributed by atoms with Crippen LogP contribution in [0, 0.1) is 11.6 Å². The maximum atomic E-state index is 14.1. The smallest absolute Gasteiger partial charge is 0.405 e. The lowest BCUT2D eigenvalue weighted by Gasteiger charge is -2.16. The molecule has 0 aliphatic heterocycles. The van der Waals surface area contributed by atoms with Crippen molar-refractivity contribution in [3.63, 3.8) is 0 Å². The van der Waals surface area contributed by atoms with E-state index in [-0.39, 0.29) is 11.4 Å². The number of benzene rings is 1. The van der Waals surface area contributed by atoms with E-state index < -0.39 is 29.7 Å². The first-order valence-corrected chi connectivity index (χ1v) is 6.83. The summed E-state index contributed by atoms with van der Waals surface area (Å²) in [5.74, 6) is -2.64. The second-order valence-corrected chi connectivity index (χ2v) is 4.84. The van der Waals surface area contributed by atoms with Gasteiger partial charge >= 0.3 is 6.09 Å². The summed E-state index contributed by atoms with van der Waals surface area (Å²) in [6.45, 7) is 1.29. The molecule has 1 aromatic heterocycles. The molecule has 1 unspecified atom stereocenters. The molecule has 0 spiro atoms. The molecule has 2 amide bonds. The van der Waals surface area contributed by atoms with Crippen molar-refractivity contribution in [2.75, 3.05) is 10.6 Å². The monoisotopic (exact) mass is 336 g/mol. The maximum Gasteiger partial charge on any atom is 0.405 e. The van der Waals surface area contributed by atoms with E-state index in [0.717, 1.165) is 6.07 Å². The number of nitrogens with one attached hydrogen (secondary N) is 3. The number of hydrogen-bond acceptors (Lipinski definition) is 4. The second kappa shape index (κ2) is 7.36. The van der Waals surface area contributed by atoms with Crippen LogP contribution in [0.1, 0.15) is 6.92 Å². The van der Waals surface area contributed by atoms with E-state index in [2.05, 4.69) is 15.6 Å².